The van der Waals surface area contributed by atoms with Crippen molar-refractivity contribution in [2.45, 2.75) is 31.4 Å². The van der Waals surface area contributed by atoms with Crippen LogP contribution in [0.15, 0.2) is 78.9 Å². The van der Waals surface area contributed by atoms with E-state index in [1.54, 1.807) is 24.3 Å². The Kier molecular flexibility index (Phi) is 9.66. The fourth-order valence-electron chi connectivity index (χ4n) is 3.42. The molecular formula is C25H30ClNO4. The van der Waals surface area contributed by atoms with E-state index in [4.69, 9.17) is 4.74 Å². The molecule has 3 aromatic carbocycles. The van der Waals surface area contributed by atoms with E-state index >= 15 is 0 Å². The number of halogens is 1. The molecule has 0 heterocycles. The first-order valence-electron chi connectivity index (χ1n) is 10.2. The van der Waals surface area contributed by atoms with Gasteiger partial charge in [-0.2, -0.15) is 0 Å². The van der Waals surface area contributed by atoms with E-state index in [0.29, 0.717) is 6.54 Å². The van der Waals surface area contributed by atoms with Crippen LogP contribution in [-0.2, 0) is 0 Å². The Balaban J connectivity index is 0.00000341. The molecule has 0 bridgehead atoms. The molecule has 0 aliphatic carbocycles. The van der Waals surface area contributed by atoms with Gasteiger partial charge in [-0.25, -0.2) is 0 Å². The molecule has 6 heteroatoms. The number of ether oxygens (including phenoxy) is 1. The Bertz CT molecular complexity index is 842. The number of hydrogen-bond donors (Lipinski definition) is 4. The highest BCUT2D eigenvalue weighted by Gasteiger charge is 2.18. The van der Waals surface area contributed by atoms with Gasteiger partial charge in [-0.05, 0) is 60.9 Å². The molecule has 0 amide bonds. The van der Waals surface area contributed by atoms with Crippen LogP contribution in [0.3, 0.4) is 0 Å². The summed E-state index contributed by atoms with van der Waals surface area (Å²) in [6.45, 7) is 2.73. The maximum Gasteiger partial charge on any atom is 0.119 e. The third kappa shape index (κ3) is 7.79. The summed E-state index contributed by atoms with van der Waals surface area (Å²) in [7, 11) is 0. The maximum atomic E-state index is 10.2. The highest BCUT2D eigenvalue weighted by molar-refractivity contribution is 5.85. The van der Waals surface area contributed by atoms with E-state index in [9.17, 15) is 15.3 Å². The van der Waals surface area contributed by atoms with E-state index < -0.39 is 6.10 Å². The van der Waals surface area contributed by atoms with Crippen LogP contribution < -0.4 is 10.1 Å². The van der Waals surface area contributed by atoms with Crippen molar-refractivity contribution in [3.05, 3.63) is 90.0 Å². The minimum absolute atomic E-state index is 0. The quantitative estimate of drug-likeness (QED) is 0.372. The lowest BCUT2D eigenvalue weighted by Gasteiger charge is -2.24. The Morgan fingerprint density at radius 2 is 1.32 bits per heavy atom. The van der Waals surface area contributed by atoms with Crippen LogP contribution in [0.25, 0.3) is 0 Å². The van der Waals surface area contributed by atoms with E-state index in [1.165, 1.54) is 0 Å². The van der Waals surface area contributed by atoms with Crippen molar-refractivity contribution in [2.75, 3.05) is 13.2 Å². The molecule has 1 unspecified atom stereocenters. The van der Waals surface area contributed by atoms with Gasteiger partial charge in [-0.3, -0.25) is 0 Å². The van der Waals surface area contributed by atoms with Gasteiger partial charge in [-0.15, -0.1) is 12.4 Å². The van der Waals surface area contributed by atoms with Crippen LogP contribution in [0.1, 0.15) is 30.4 Å². The number of aliphatic hydroxyl groups is 1. The first-order chi connectivity index (χ1) is 14.5. The summed E-state index contributed by atoms with van der Waals surface area (Å²) in [4.78, 5) is 0. The molecule has 3 rings (SSSR count). The molecule has 0 aromatic heterocycles. The summed E-state index contributed by atoms with van der Waals surface area (Å²) >= 11 is 0. The molecule has 166 valence electrons. The molecule has 0 saturated heterocycles. The topological polar surface area (TPSA) is 82.0 Å². The number of aromatic hydroxyl groups is 2. The normalized spacial score (nSPS) is 12.7. The second-order valence-electron chi connectivity index (χ2n) is 7.56. The molecule has 0 aliphatic heterocycles. The Hall–Kier alpha value is -2.73. The van der Waals surface area contributed by atoms with Crippen molar-refractivity contribution in [3.63, 3.8) is 0 Å². The van der Waals surface area contributed by atoms with Gasteiger partial charge < -0.3 is 25.4 Å². The summed E-state index contributed by atoms with van der Waals surface area (Å²) in [5, 5.41) is 32.9. The number of nitrogens with one attached hydrogen (secondary N) is 1. The highest BCUT2D eigenvalue weighted by Crippen LogP contribution is 2.31. The zero-order valence-electron chi connectivity index (χ0n) is 17.5. The lowest BCUT2D eigenvalue weighted by Crippen LogP contribution is -2.37. The van der Waals surface area contributed by atoms with Gasteiger partial charge in [0.25, 0.3) is 0 Å². The van der Waals surface area contributed by atoms with Crippen LogP contribution in [0.2, 0.25) is 0 Å². The van der Waals surface area contributed by atoms with Gasteiger partial charge in [-0.1, -0.05) is 42.5 Å². The van der Waals surface area contributed by atoms with Crippen LogP contribution in [-0.4, -0.2) is 40.6 Å². The molecule has 2 atom stereocenters. The first-order valence-corrected chi connectivity index (χ1v) is 10.2. The van der Waals surface area contributed by atoms with Crippen molar-refractivity contribution in [3.8, 4) is 17.2 Å². The molecule has 0 radical (unpaired) electrons. The van der Waals surface area contributed by atoms with E-state index in [0.717, 1.165) is 23.3 Å². The minimum atomic E-state index is -0.617. The van der Waals surface area contributed by atoms with E-state index in [-0.39, 0.29) is 42.5 Å². The van der Waals surface area contributed by atoms with Crippen molar-refractivity contribution in [2.24, 2.45) is 0 Å². The molecule has 0 aliphatic rings. The second-order valence-corrected chi connectivity index (χ2v) is 7.56. The molecule has 0 saturated carbocycles. The van der Waals surface area contributed by atoms with Crippen molar-refractivity contribution >= 4 is 12.4 Å². The van der Waals surface area contributed by atoms with Crippen molar-refractivity contribution < 1.29 is 20.1 Å². The highest BCUT2D eigenvalue weighted by atomic mass is 35.5. The predicted octanol–water partition coefficient (Wildman–Crippen LogP) is 4.46. The SMILES string of the molecule is CC(CC(c1ccc(O)cc1)c1ccc(O)cc1)NC[C@H](O)COc1ccccc1.Cl. The lowest BCUT2D eigenvalue weighted by atomic mass is 9.86. The molecule has 0 spiro atoms. The molecule has 0 fully saturated rings. The van der Waals surface area contributed by atoms with Gasteiger partial charge in [0.15, 0.2) is 0 Å². The summed E-state index contributed by atoms with van der Waals surface area (Å²) < 4.78 is 5.60. The number of rotatable bonds is 10. The molecule has 31 heavy (non-hydrogen) atoms. The van der Waals surface area contributed by atoms with Crippen LogP contribution in [0.5, 0.6) is 17.2 Å². The first kappa shape index (κ1) is 24.5. The smallest absolute Gasteiger partial charge is 0.119 e. The third-order valence-corrected chi connectivity index (χ3v) is 5.07. The molecular weight excluding hydrogens is 414 g/mol. The molecule has 3 aromatic rings. The Morgan fingerprint density at radius 1 is 0.806 bits per heavy atom. The fourth-order valence-corrected chi connectivity index (χ4v) is 3.42. The molecule has 4 N–H and O–H groups in total. The van der Waals surface area contributed by atoms with E-state index in [2.05, 4.69) is 12.2 Å². The third-order valence-electron chi connectivity index (χ3n) is 5.07. The molecule has 5 nitrogen and oxygen atoms in total. The minimum Gasteiger partial charge on any atom is -0.508 e. The van der Waals surface area contributed by atoms with Gasteiger partial charge in [0.1, 0.15) is 30.0 Å². The van der Waals surface area contributed by atoms with Gasteiger partial charge >= 0.3 is 0 Å². The maximum absolute atomic E-state index is 10.2. The van der Waals surface area contributed by atoms with E-state index in [1.807, 2.05) is 54.6 Å². The Labute approximate surface area is 189 Å². The second kappa shape index (κ2) is 12.2. The monoisotopic (exact) mass is 443 g/mol. The van der Waals surface area contributed by atoms with Crippen molar-refractivity contribution in [1.82, 2.24) is 5.32 Å². The predicted molar refractivity (Wildman–Crippen MR) is 125 cm³/mol. The Morgan fingerprint density at radius 3 is 1.84 bits per heavy atom. The van der Waals surface area contributed by atoms with Crippen molar-refractivity contribution in [1.29, 1.82) is 0 Å². The number of para-hydroxylation sites is 1. The van der Waals surface area contributed by atoms with Crippen LogP contribution >= 0.6 is 12.4 Å². The number of benzene rings is 3. The fraction of sp³-hybridized carbons (Fsp3) is 0.280. The van der Waals surface area contributed by atoms with Crippen LogP contribution in [0.4, 0.5) is 0 Å². The number of phenols is 2. The van der Waals surface area contributed by atoms with Gasteiger partial charge in [0.05, 0.1) is 0 Å². The number of aliphatic hydroxyl groups excluding tert-OH is 1. The zero-order valence-corrected chi connectivity index (χ0v) is 18.3. The van der Waals surface area contributed by atoms with Crippen LogP contribution in [0, 0.1) is 0 Å². The standard InChI is InChI=1S/C25H29NO4.ClH/c1-18(26-16-23(29)17-30-24-5-3-2-4-6-24)15-25(19-7-11-21(27)12-8-19)20-9-13-22(28)14-10-20;/h2-14,18,23,25-29H,15-17H2,1H3;1H/t18?,23-;/m0./s1. The van der Waals surface area contributed by atoms with Gasteiger partial charge in [0, 0.05) is 18.5 Å². The number of phenolic OH excluding ortho intramolecular Hbond substituents is 2. The lowest BCUT2D eigenvalue weighted by molar-refractivity contribution is 0.103. The largest absolute Gasteiger partial charge is 0.508 e. The zero-order chi connectivity index (χ0) is 21.3. The van der Waals surface area contributed by atoms with Gasteiger partial charge in [0.2, 0.25) is 0 Å². The summed E-state index contributed by atoms with van der Waals surface area (Å²) in [6.07, 6.45) is 0.176. The summed E-state index contributed by atoms with van der Waals surface area (Å²) in [5.74, 6) is 1.29. The summed E-state index contributed by atoms with van der Waals surface area (Å²) in [6, 6.07) is 24.0. The average molecular weight is 444 g/mol. The number of hydrogen-bond acceptors (Lipinski definition) is 5. The average Bonchev–Trinajstić information content (AvgIpc) is 2.77. The summed E-state index contributed by atoms with van der Waals surface area (Å²) in [5.41, 5.74) is 2.17.